The molecule has 1 unspecified atom stereocenters. The van der Waals surface area contributed by atoms with Crippen LogP contribution in [0.4, 0.5) is 17.5 Å². The van der Waals surface area contributed by atoms with Crippen molar-refractivity contribution in [3.8, 4) is 11.4 Å². The highest BCUT2D eigenvalue weighted by Crippen LogP contribution is 2.45. The standard InChI is InChI=1S/C21H26N8O2/c1-4-15-19-27-24-11-28(19)16-10-23-21(26-18(16)29(15)13-6-7-13)25-14-8-5-12(20(30)22-2)9-17(14)31-3/h5,8-11,13,15,20,22,30H,4,6-7H2,1-3H3,(H,23,25,26)/t15-,20?/m1/s1. The molecule has 2 aromatic heterocycles. The number of aromatic nitrogens is 5. The molecule has 10 nitrogen and oxygen atoms in total. The van der Waals surface area contributed by atoms with Gasteiger partial charge < -0.3 is 20.1 Å². The first-order valence-electron chi connectivity index (χ1n) is 10.5. The Kier molecular flexibility index (Phi) is 4.95. The highest BCUT2D eigenvalue weighted by atomic mass is 16.5. The third kappa shape index (κ3) is 3.37. The molecule has 1 aliphatic heterocycles. The van der Waals surface area contributed by atoms with Gasteiger partial charge in [-0.2, -0.15) is 4.98 Å². The van der Waals surface area contributed by atoms with Crippen LogP contribution < -0.4 is 20.3 Å². The zero-order valence-electron chi connectivity index (χ0n) is 17.8. The second kappa shape index (κ2) is 7.78. The van der Waals surface area contributed by atoms with Crippen LogP contribution in [0.3, 0.4) is 0 Å². The molecule has 1 aromatic carbocycles. The van der Waals surface area contributed by atoms with Crippen LogP contribution in [0.25, 0.3) is 5.69 Å². The average Bonchev–Trinajstić information content (AvgIpc) is 3.52. The van der Waals surface area contributed by atoms with Crippen LogP contribution in [0.1, 0.15) is 49.8 Å². The van der Waals surface area contributed by atoms with Crippen LogP contribution >= 0.6 is 0 Å². The summed E-state index contributed by atoms with van der Waals surface area (Å²) in [6.07, 6.45) is 6.00. The maximum atomic E-state index is 10.0. The van der Waals surface area contributed by atoms with Gasteiger partial charge in [-0.3, -0.25) is 9.88 Å². The van der Waals surface area contributed by atoms with Crippen LogP contribution in [-0.4, -0.2) is 50.0 Å². The molecule has 10 heteroatoms. The van der Waals surface area contributed by atoms with Gasteiger partial charge in [-0.15, -0.1) is 10.2 Å². The van der Waals surface area contributed by atoms with E-state index in [4.69, 9.17) is 9.72 Å². The zero-order chi connectivity index (χ0) is 21.5. The van der Waals surface area contributed by atoms with E-state index in [2.05, 4.69) is 37.6 Å². The quantitative estimate of drug-likeness (QED) is 0.494. The van der Waals surface area contributed by atoms with E-state index >= 15 is 0 Å². The lowest BCUT2D eigenvalue weighted by atomic mass is 10.1. The van der Waals surface area contributed by atoms with E-state index in [9.17, 15) is 5.11 Å². The average molecular weight is 422 g/mol. The van der Waals surface area contributed by atoms with E-state index in [1.165, 1.54) is 0 Å². The van der Waals surface area contributed by atoms with Crippen molar-refractivity contribution in [2.75, 3.05) is 24.4 Å². The van der Waals surface area contributed by atoms with Gasteiger partial charge in [-0.1, -0.05) is 13.0 Å². The van der Waals surface area contributed by atoms with Crippen molar-refractivity contribution in [1.82, 2.24) is 30.0 Å². The third-order valence-electron chi connectivity index (χ3n) is 5.85. The Bertz CT molecular complexity index is 1100. The number of aliphatic hydroxyl groups excluding tert-OH is 1. The normalized spacial score (nSPS) is 18.3. The van der Waals surface area contributed by atoms with Crippen LogP contribution in [-0.2, 0) is 0 Å². The molecule has 0 saturated heterocycles. The Balaban J connectivity index is 1.52. The molecular formula is C21H26N8O2. The number of hydrogen-bond donors (Lipinski definition) is 3. The summed E-state index contributed by atoms with van der Waals surface area (Å²) in [5, 5.41) is 24.6. The van der Waals surface area contributed by atoms with Gasteiger partial charge in [0.05, 0.1) is 25.0 Å². The third-order valence-corrected chi connectivity index (χ3v) is 5.85. The lowest BCUT2D eigenvalue weighted by molar-refractivity contribution is 0.149. The number of rotatable bonds is 7. The minimum Gasteiger partial charge on any atom is -0.495 e. The lowest BCUT2D eigenvalue weighted by Crippen LogP contribution is -2.37. The Morgan fingerprint density at radius 2 is 2.16 bits per heavy atom. The highest BCUT2D eigenvalue weighted by molar-refractivity contribution is 5.68. The van der Waals surface area contributed by atoms with Gasteiger partial charge in [0.25, 0.3) is 0 Å². The van der Waals surface area contributed by atoms with Gasteiger partial charge >= 0.3 is 0 Å². The van der Waals surface area contributed by atoms with Crippen LogP contribution in [0.5, 0.6) is 5.75 Å². The predicted octanol–water partition coefficient (Wildman–Crippen LogP) is 2.45. The summed E-state index contributed by atoms with van der Waals surface area (Å²) in [4.78, 5) is 11.8. The summed E-state index contributed by atoms with van der Waals surface area (Å²) in [6.45, 7) is 2.16. The van der Waals surface area contributed by atoms with E-state index in [0.717, 1.165) is 42.3 Å². The first-order chi connectivity index (χ1) is 15.1. The number of anilines is 3. The van der Waals surface area contributed by atoms with Crippen molar-refractivity contribution in [3.63, 3.8) is 0 Å². The Morgan fingerprint density at radius 1 is 1.32 bits per heavy atom. The number of fused-ring (bicyclic) bond motifs is 3. The minimum atomic E-state index is -0.765. The summed E-state index contributed by atoms with van der Waals surface area (Å²) in [5.74, 6) is 2.91. The number of benzene rings is 1. The Labute approximate surface area is 180 Å². The van der Waals surface area contributed by atoms with Gasteiger partial charge in [0.1, 0.15) is 24.0 Å². The van der Waals surface area contributed by atoms with E-state index in [1.807, 2.05) is 22.9 Å². The molecule has 3 heterocycles. The summed E-state index contributed by atoms with van der Waals surface area (Å²) in [6, 6.07) is 6.07. The van der Waals surface area contributed by atoms with E-state index in [1.54, 1.807) is 26.6 Å². The monoisotopic (exact) mass is 422 g/mol. The van der Waals surface area contributed by atoms with Crippen molar-refractivity contribution in [2.45, 2.75) is 44.5 Å². The van der Waals surface area contributed by atoms with Gasteiger partial charge in [-0.05, 0) is 44.0 Å². The van der Waals surface area contributed by atoms with Crippen LogP contribution in [0, 0.1) is 0 Å². The summed E-state index contributed by atoms with van der Waals surface area (Å²) >= 11 is 0. The van der Waals surface area contributed by atoms with E-state index in [-0.39, 0.29) is 6.04 Å². The number of aliphatic hydroxyl groups is 1. The van der Waals surface area contributed by atoms with Crippen molar-refractivity contribution >= 4 is 17.5 Å². The number of nitrogens with one attached hydrogen (secondary N) is 2. The molecule has 0 amide bonds. The molecule has 0 bridgehead atoms. The fourth-order valence-electron chi connectivity index (χ4n) is 4.14. The molecule has 0 radical (unpaired) electrons. The molecule has 3 aromatic rings. The van der Waals surface area contributed by atoms with Crippen LogP contribution in [0.2, 0.25) is 0 Å². The number of nitrogens with zero attached hydrogens (tertiary/aromatic N) is 6. The maximum Gasteiger partial charge on any atom is 0.229 e. The first kappa shape index (κ1) is 19.7. The van der Waals surface area contributed by atoms with Crippen molar-refractivity contribution < 1.29 is 9.84 Å². The molecule has 2 aliphatic rings. The summed E-state index contributed by atoms with van der Waals surface area (Å²) in [5.41, 5.74) is 2.32. The molecule has 1 saturated carbocycles. The molecule has 162 valence electrons. The van der Waals surface area contributed by atoms with Gasteiger partial charge in [0.15, 0.2) is 11.6 Å². The fourth-order valence-corrected chi connectivity index (χ4v) is 4.14. The second-order valence-corrected chi connectivity index (χ2v) is 7.80. The van der Waals surface area contributed by atoms with Gasteiger partial charge in [0, 0.05) is 6.04 Å². The zero-order valence-corrected chi connectivity index (χ0v) is 17.8. The highest BCUT2D eigenvalue weighted by Gasteiger charge is 2.41. The first-order valence-corrected chi connectivity index (χ1v) is 10.5. The maximum absolute atomic E-state index is 10.0. The molecule has 31 heavy (non-hydrogen) atoms. The largest absolute Gasteiger partial charge is 0.495 e. The number of methoxy groups -OCH3 is 1. The van der Waals surface area contributed by atoms with Crippen molar-refractivity contribution in [1.29, 1.82) is 0 Å². The predicted molar refractivity (Wildman–Crippen MR) is 116 cm³/mol. The van der Waals surface area contributed by atoms with Crippen LogP contribution in [0.15, 0.2) is 30.7 Å². The molecule has 5 rings (SSSR count). The van der Waals surface area contributed by atoms with Gasteiger partial charge in [-0.25, -0.2) is 4.98 Å². The van der Waals surface area contributed by atoms with Crippen molar-refractivity contribution in [2.24, 2.45) is 0 Å². The van der Waals surface area contributed by atoms with Gasteiger partial charge in [0.2, 0.25) is 5.95 Å². The number of ether oxygens (including phenoxy) is 1. The molecule has 1 aliphatic carbocycles. The molecule has 0 spiro atoms. The minimum absolute atomic E-state index is 0.141. The summed E-state index contributed by atoms with van der Waals surface area (Å²) in [7, 11) is 3.29. The molecule has 2 atom stereocenters. The molecule has 1 fully saturated rings. The SMILES string of the molecule is CC[C@@H]1c2nncn2-c2cnc(Nc3ccc(C(O)NC)cc3OC)nc2N1C1CC1. The molecular weight excluding hydrogens is 396 g/mol. The second-order valence-electron chi connectivity index (χ2n) is 7.80. The smallest absolute Gasteiger partial charge is 0.229 e. The lowest BCUT2D eigenvalue weighted by Gasteiger charge is -2.37. The Morgan fingerprint density at radius 3 is 2.87 bits per heavy atom. The van der Waals surface area contributed by atoms with Crippen molar-refractivity contribution in [3.05, 3.63) is 42.1 Å². The Hall–Kier alpha value is -3.24. The molecule has 3 N–H and O–H groups in total. The topological polar surface area (TPSA) is 113 Å². The fraction of sp³-hybridized carbons (Fsp3) is 0.429. The van der Waals surface area contributed by atoms with E-state index < -0.39 is 6.23 Å². The van der Waals surface area contributed by atoms with E-state index in [0.29, 0.717) is 23.3 Å². The number of hydrogen-bond acceptors (Lipinski definition) is 9. The summed E-state index contributed by atoms with van der Waals surface area (Å²) < 4.78 is 7.50.